The summed E-state index contributed by atoms with van der Waals surface area (Å²) >= 11 is 0.965. The minimum Gasteiger partial charge on any atom is -0.360 e. The van der Waals surface area contributed by atoms with Crippen molar-refractivity contribution >= 4 is 26.3 Å². The van der Waals surface area contributed by atoms with Crippen molar-refractivity contribution in [2.75, 3.05) is 11.9 Å². The van der Waals surface area contributed by atoms with Crippen molar-refractivity contribution in [2.45, 2.75) is 29.9 Å². The van der Waals surface area contributed by atoms with Gasteiger partial charge in [0.15, 0.2) is 0 Å². The summed E-state index contributed by atoms with van der Waals surface area (Å²) in [5.74, 6) is -0.539. The number of aromatic nitrogens is 2. The Morgan fingerprint density at radius 2 is 2.05 bits per heavy atom. The highest BCUT2D eigenvalue weighted by molar-refractivity contribution is 7.93. The Kier molecular flexibility index (Phi) is 4.89. The van der Waals surface area contributed by atoms with Crippen molar-refractivity contribution < 1.29 is 12.8 Å². The molecular formula is C13H16FN3O2S2. The molecule has 2 aromatic rings. The van der Waals surface area contributed by atoms with Gasteiger partial charge in [-0.05, 0) is 19.4 Å². The van der Waals surface area contributed by atoms with Gasteiger partial charge in [0.25, 0.3) is 0 Å². The maximum absolute atomic E-state index is 13.7. The lowest BCUT2D eigenvalue weighted by molar-refractivity contribution is 0.572. The van der Waals surface area contributed by atoms with Crippen molar-refractivity contribution in [1.82, 2.24) is 10.2 Å². The summed E-state index contributed by atoms with van der Waals surface area (Å²) in [6.45, 7) is 4.14. The SMILES string of the molecule is CCCNc1nnc(S(=O)(=O)[C@@H](C)c2ccccc2F)s1. The lowest BCUT2D eigenvalue weighted by Gasteiger charge is -2.11. The largest absolute Gasteiger partial charge is 0.360 e. The molecule has 21 heavy (non-hydrogen) atoms. The summed E-state index contributed by atoms with van der Waals surface area (Å²) in [6.07, 6.45) is 0.896. The van der Waals surface area contributed by atoms with E-state index in [2.05, 4.69) is 15.5 Å². The molecule has 5 nitrogen and oxygen atoms in total. The van der Waals surface area contributed by atoms with E-state index in [-0.39, 0.29) is 9.90 Å². The first kappa shape index (κ1) is 15.8. The quantitative estimate of drug-likeness (QED) is 0.882. The minimum absolute atomic E-state index is 0.100. The van der Waals surface area contributed by atoms with E-state index in [1.807, 2.05) is 6.92 Å². The zero-order valence-corrected chi connectivity index (χ0v) is 13.3. The molecule has 0 aliphatic rings. The number of halogens is 1. The first-order chi connectivity index (χ1) is 9.96. The van der Waals surface area contributed by atoms with Crippen molar-refractivity contribution in [2.24, 2.45) is 0 Å². The highest BCUT2D eigenvalue weighted by atomic mass is 32.2. The van der Waals surface area contributed by atoms with E-state index in [1.165, 1.54) is 25.1 Å². The van der Waals surface area contributed by atoms with Gasteiger partial charge in [-0.3, -0.25) is 0 Å². The first-order valence-corrected chi connectivity index (χ1v) is 8.88. The van der Waals surface area contributed by atoms with Crippen molar-refractivity contribution in [3.05, 3.63) is 35.6 Å². The number of anilines is 1. The molecule has 0 saturated carbocycles. The van der Waals surface area contributed by atoms with Crippen LogP contribution in [-0.4, -0.2) is 25.2 Å². The highest BCUT2D eigenvalue weighted by Crippen LogP contribution is 2.32. The van der Waals surface area contributed by atoms with E-state index < -0.39 is 20.9 Å². The predicted octanol–water partition coefficient (Wildman–Crippen LogP) is 3.03. The summed E-state index contributed by atoms with van der Waals surface area (Å²) in [5, 5.41) is 9.95. The monoisotopic (exact) mass is 329 g/mol. The second-order valence-corrected chi connectivity index (χ2v) is 7.93. The minimum atomic E-state index is -3.75. The molecule has 0 fully saturated rings. The van der Waals surface area contributed by atoms with Gasteiger partial charge in [-0.15, -0.1) is 10.2 Å². The summed E-state index contributed by atoms with van der Waals surface area (Å²) in [5.41, 5.74) is 0.135. The van der Waals surface area contributed by atoms with Crippen LogP contribution in [0.2, 0.25) is 0 Å². The van der Waals surface area contributed by atoms with Crippen LogP contribution in [0.15, 0.2) is 28.6 Å². The lowest BCUT2D eigenvalue weighted by Crippen LogP contribution is -2.12. The second kappa shape index (κ2) is 6.48. The maximum Gasteiger partial charge on any atom is 0.234 e. The van der Waals surface area contributed by atoms with Gasteiger partial charge in [0.05, 0.1) is 5.25 Å². The molecule has 1 aromatic carbocycles. The number of hydrogen-bond acceptors (Lipinski definition) is 6. The van der Waals surface area contributed by atoms with Crippen LogP contribution in [0, 0.1) is 5.82 Å². The number of sulfone groups is 1. The molecule has 1 N–H and O–H groups in total. The van der Waals surface area contributed by atoms with Gasteiger partial charge in [0.1, 0.15) is 5.82 Å². The van der Waals surface area contributed by atoms with Crippen LogP contribution < -0.4 is 5.32 Å². The summed E-state index contributed by atoms with van der Waals surface area (Å²) in [6, 6.07) is 5.85. The Morgan fingerprint density at radius 1 is 1.33 bits per heavy atom. The topological polar surface area (TPSA) is 72.0 Å². The van der Waals surface area contributed by atoms with E-state index in [1.54, 1.807) is 6.07 Å². The van der Waals surface area contributed by atoms with E-state index >= 15 is 0 Å². The molecule has 1 heterocycles. The molecule has 8 heteroatoms. The third-order valence-corrected chi connectivity index (χ3v) is 6.36. The van der Waals surface area contributed by atoms with Crippen LogP contribution in [0.25, 0.3) is 0 Å². The third-order valence-electron chi connectivity index (χ3n) is 2.98. The first-order valence-electron chi connectivity index (χ1n) is 6.52. The molecule has 2 rings (SSSR count). The zero-order chi connectivity index (χ0) is 15.5. The fraction of sp³-hybridized carbons (Fsp3) is 0.385. The van der Waals surface area contributed by atoms with Gasteiger partial charge >= 0.3 is 0 Å². The van der Waals surface area contributed by atoms with Crippen LogP contribution in [0.4, 0.5) is 9.52 Å². The van der Waals surface area contributed by atoms with Crippen molar-refractivity contribution in [3.63, 3.8) is 0 Å². The van der Waals surface area contributed by atoms with Crippen LogP contribution in [0.1, 0.15) is 31.1 Å². The predicted molar refractivity (Wildman–Crippen MR) is 80.7 cm³/mol. The van der Waals surface area contributed by atoms with Crippen LogP contribution in [0.5, 0.6) is 0 Å². The molecule has 0 radical (unpaired) electrons. The average molecular weight is 329 g/mol. The molecule has 0 amide bonds. The number of rotatable bonds is 6. The van der Waals surface area contributed by atoms with E-state index in [9.17, 15) is 12.8 Å². The molecule has 1 aromatic heterocycles. The number of benzene rings is 1. The van der Waals surface area contributed by atoms with E-state index in [0.29, 0.717) is 11.7 Å². The fourth-order valence-electron chi connectivity index (χ4n) is 1.75. The van der Waals surface area contributed by atoms with Gasteiger partial charge in [-0.25, -0.2) is 12.8 Å². The van der Waals surface area contributed by atoms with Crippen molar-refractivity contribution in [3.8, 4) is 0 Å². The normalized spacial score (nSPS) is 13.1. The summed E-state index contributed by atoms with van der Waals surface area (Å²) in [7, 11) is -3.75. The van der Waals surface area contributed by atoms with Crippen LogP contribution >= 0.6 is 11.3 Å². The molecule has 0 aliphatic heterocycles. The van der Waals surface area contributed by atoms with Crippen molar-refractivity contribution in [1.29, 1.82) is 0 Å². The van der Waals surface area contributed by atoms with Gasteiger partial charge in [0, 0.05) is 12.1 Å². The van der Waals surface area contributed by atoms with E-state index in [0.717, 1.165) is 17.8 Å². The maximum atomic E-state index is 13.7. The molecular weight excluding hydrogens is 313 g/mol. The molecule has 0 aliphatic carbocycles. The smallest absolute Gasteiger partial charge is 0.234 e. The Balaban J connectivity index is 2.29. The summed E-state index contributed by atoms with van der Waals surface area (Å²) in [4.78, 5) is 0. The number of hydrogen-bond donors (Lipinski definition) is 1. The second-order valence-electron chi connectivity index (χ2n) is 4.51. The van der Waals surface area contributed by atoms with Crippen LogP contribution in [0.3, 0.4) is 0 Å². The number of nitrogens with zero attached hydrogens (tertiary/aromatic N) is 2. The van der Waals surface area contributed by atoms with Gasteiger partial charge < -0.3 is 5.32 Å². The standard InChI is InChI=1S/C13H16FN3O2S2/c1-3-8-15-12-16-17-13(20-12)21(18,19)9(2)10-6-4-5-7-11(10)14/h4-7,9H,3,8H2,1-2H3,(H,15,16)/t9-/m0/s1. The summed E-state index contributed by atoms with van der Waals surface area (Å²) < 4.78 is 38.6. The average Bonchev–Trinajstić information content (AvgIpc) is 2.94. The lowest BCUT2D eigenvalue weighted by atomic mass is 10.1. The Labute approximate surface area is 127 Å². The molecule has 0 bridgehead atoms. The molecule has 0 saturated heterocycles. The van der Waals surface area contributed by atoms with Gasteiger partial charge in [0.2, 0.25) is 19.3 Å². The van der Waals surface area contributed by atoms with Crippen LogP contribution in [-0.2, 0) is 9.84 Å². The zero-order valence-electron chi connectivity index (χ0n) is 11.7. The Hall–Kier alpha value is -1.54. The van der Waals surface area contributed by atoms with E-state index in [4.69, 9.17) is 0 Å². The Bertz CT molecular complexity index is 716. The Morgan fingerprint density at radius 3 is 2.71 bits per heavy atom. The third kappa shape index (κ3) is 3.38. The highest BCUT2D eigenvalue weighted by Gasteiger charge is 2.30. The molecule has 114 valence electrons. The fourth-order valence-corrected chi connectivity index (χ4v) is 4.37. The number of nitrogens with one attached hydrogen (secondary N) is 1. The molecule has 0 unspecified atom stereocenters. The van der Waals surface area contributed by atoms with Gasteiger partial charge in [-0.1, -0.05) is 36.5 Å². The van der Waals surface area contributed by atoms with Gasteiger partial charge in [-0.2, -0.15) is 0 Å². The molecule has 1 atom stereocenters. The molecule has 0 spiro atoms.